The monoisotopic (exact) mass is 254 g/mol. The van der Waals surface area contributed by atoms with Crippen molar-refractivity contribution in [1.29, 1.82) is 0 Å². The van der Waals surface area contributed by atoms with Gasteiger partial charge in [0.05, 0.1) is 24.1 Å². The number of carbonyl (C=O) groups excluding carboxylic acids is 2. The fourth-order valence-corrected chi connectivity index (χ4v) is 1.88. The average molecular weight is 255 g/mol. The number of methoxy groups -OCH3 is 1. The van der Waals surface area contributed by atoms with E-state index in [2.05, 4.69) is 15.4 Å². The molecular formula is C11H11ClN2O3. The fourth-order valence-electron chi connectivity index (χ4n) is 1.73. The normalized spacial score (nSPS) is 17.8. The first-order valence-electron chi connectivity index (χ1n) is 5.02. The predicted octanol–water partition coefficient (Wildman–Crippen LogP) is 1.19. The number of benzene rings is 1. The number of anilines is 1. The van der Waals surface area contributed by atoms with Crippen LogP contribution in [0.2, 0.25) is 0 Å². The van der Waals surface area contributed by atoms with Gasteiger partial charge in [-0.25, -0.2) is 4.79 Å². The van der Waals surface area contributed by atoms with Crippen molar-refractivity contribution in [2.75, 3.05) is 18.3 Å². The lowest BCUT2D eigenvalue weighted by Crippen LogP contribution is -2.46. The molecule has 90 valence electrons. The van der Waals surface area contributed by atoms with Crippen molar-refractivity contribution in [3.05, 3.63) is 29.3 Å². The molecule has 2 N–H and O–H groups in total. The van der Waals surface area contributed by atoms with Crippen molar-refractivity contribution < 1.29 is 14.3 Å². The molecule has 6 heteroatoms. The van der Waals surface area contributed by atoms with Gasteiger partial charge in [-0.2, -0.15) is 0 Å². The molecule has 0 saturated carbocycles. The van der Waals surface area contributed by atoms with Gasteiger partial charge in [0.25, 0.3) is 5.91 Å². The first kappa shape index (κ1) is 11.7. The van der Waals surface area contributed by atoms with Crippen molar-refractivity contribution in [3.63, 3.8) is 0 Å². The average Bonchev–Trinajstić information content (AvgIpc) is 2.36. The van der Waals surface area contributed by atoms with E-state index in [-0.39, 0.29) is 23.5 Å². The topological polar surface area (TPSA) is 67.4 Å². The molecule has 1 aromatic carbocycles. The minimum absolute atomic E-state index is 0.239. The molecule has 0 aromatic heterocycles. The largest absolute Gasteiger partial charge is 0.465 e. The van der Waals surface area contributed by atoms with Crippen molar-refractivity contribution >= 4 is 29.2 Å². The highest BCUT2D eigenvalue weighted by atomic mass is 35.5. The van der Waals surface area contributed by atoms with Crippen LogP contribution in [-0.2, 0) is 4.74 Å². The second-order valence-electron chi connectivity index (χ2n) is 3.54. The third kappa shape index (κ3) is 2.06. The van der Waals surface area contributed by atoms with Gasteiger partial charge in [0.2, 0.25) is 0 Å². The number of hydrogen-bond acceptors (Lipinski definition) is 4. The van der Waals surface area contributed by atoms with Crippen LogP contribution in [0.3, 0.4) is 0 Å². The number of hydrogen-bond donors (Lipinski definition) is 2. The molecule has 0 bridgehead atoms. The lowest BCUT2D eigenvalue weighted by Gasteiger charge is -2.27. The molecule has 1 amide bonds. The third-order valence-electron chi connectivity index (χ3n) is 2.49. The summed E-state index contributed by atoms with van der Waals surface area (Å²) in [5.41, 5.74) is 1.12. The van der Waals surface area contributed by atoms with Crippen LogP contribution < -0.4 is 10.6 Å². The molecule has 0 aliphatic carbocycles. The third-order valence-corrected chi connectivity index (χ3v) is 2.79. The van der Waals surface area contributed by atoms with Crippen LogP contribution in [0.25, 0.3) is 0 Å². The number of nitrogens with one attached hydrogen (secondary N) is 2. The minimum atomic E-state index is -0.539. The van der Waals surface area contributed by atoms with Crippen LogP contribution in [0, 0.1) is 0 Å². The molecule has 0 saturated heterocycles. The Balaban J connectivity index is 2.48. The summed E-state index contributed by atoms with van der Waals surface area (Å²) in [5, 5.41) is 5.68. The van der Waals surface area contributed by atoms with Crippen LogP contribution >= 0.6 is 11.6 Å². The molecule has 0 radical (unpaired) electrons. The second-order valence-corrected chi connectivity index (χ2v) is 3.85. The standard InChI is InChI=1S/C11H11ClN2O3/c1-17-11(16)6-3-2-4-7-9(6)10(15)14-8(5-12)13-7/h2-4,8,13H,5H2,1H3,(H,14,15). The summed E-state index contributed by atoms with van der Waals surface area (Å²) in [6, 6.07) is 4.95. The van der Waals surface area contributed by atoms with Gasteiger partial charge in [-0.05, 0) is 12.1 Å². The number of alkyl halides is 1. The number of fused-ring (bicyclic) bond motifs is 1. The Bertz CT molecular complexity index is 476. The zero-order chi connectivity index (χ0) is 12.4. The maximum absolute atomic E-state index is 11.9. The zero-order valence-electron chi connectivity index (χ0n) is 9.12. The van der Waals surface area contributed by atoms with Crippen molar-refractivity contribution in [1.82, 2.24) is 5.32 Å². The Morgan fingerprint density at radius 1 is 1.47 bits per heavy atom. The SMILES string of the molecule is COC(=O)c1cccc2c1C(=O)NC(CCl)N2. The highest BCUT2D eigenvalue weighted by Crippen LogP contribution is 2.24. The lowest BCUT2D eigenvalue weighted by atomic mass is 10.0. The van der Waals surface area contributed by atoms with E-state index in [0.717, 1.165) is 0 Å². The van der Waals surface area contributed by atoms with Gasteiger partial charge in [0, 0.05) is 5.69 Å². The van der Waals surface area contributed by atoms with E-state index in [1.54, 1.807) is 18.2 Å². The first-order valence-corrected chi connectivity index (χ1v) is 5.55. The maximum atomic E-state index is 11.9. The van der Waals surface area contributed by atoms with Crippen LogP contribution in [0.15, 0.2) is 18.2 Å². The van der Waals surface area contributed by atoms with Gasteiger partial charge in [-0.1, -0.05) is 6.07 Å². The molecule has 1 unspecified atom stereocenters. The molecule has 0 fully saturated rings. The minimum Gasteiger partial charge on any atom is -0.465 e. The summed E-state index contributed by atoms with van der Waals surface area (Å²) < 4.78 is 4.63. The summed E-state index contributed by atoms with van der Waals surface area (Å²) in [4.78, 5) is 23.4. The van der Waals surface area contributed by atoms with E-state index in [1.807, 2.05) is 0 Å². The molecule has 1 aliphatic rings. The fraction of sp³-hybridized carbons (Fsp3) is 0.273. The Kier molecular flexibility index (Phi) is 3.19. The van der Waals surface area contributed by atoms with E-state index in [4.69, 9.17) is 11.6 Å². The van der Waals surface area contributed by atoms with E-state index in [1.165, 1.54) is 7.11 Å². The Morgan fingerprint density at radius 2 is 2.24 bits per heavy atom. The van der Waals surface area contributed by atoms with E-state index < -0.39 is 5.97 Å². The van der Waals surface area contributed by atoms with Crippen molar-refractivity contribution in [3.8, 4) is 0 Å². The molecule has 17 heavy (non-hydrogen) atoms. The molecule has 1 atom stereocenters. The lowest BCUT2D eigenvalue weighted by molar-refractivity contribution is 0.0596. The molecule has 2 rings (SSSR count). The number of amides is 1. The highest BCUT2D eigenvalue weighted by molar-refractivity contribution is 6.19. The van der Waals surface area contributed by atoms with Crippen molar-refractivity contribution in [2.24, 2.45) is 0 Å². The molecule has 1 heterocycles. The van der Waals surface area contributed by atoms with Gasteiger partial charge in [-0.3, -0.25) is 4.79 Å². The summed E-state index contributed by atoms with van der Waals surface area (Å²) in [5.74, 6) is -0.623. The van der Waals surface area contributed by atoms with Crippen molar-refractivity contribution in [2.45, 2.75) is 6.17 Å². The smallest absolute Gasteiger partial charge is 0.338 e. The number of halogens is 1. The second kappa shape index (κ2) is 4.63. The Labute approximate surface area is 103 Å². The quantitative estimate of drug-likeness (QED) is 0.615. The van der Waals surface area contributed by atoms with Crippen LogP contribution in [0.4, 0.5) is 5.69 Å². The summed E-state index contributed by atoms with van der Waals surface area (Å²) in [7, 11) is 1.28. The van der Waals surface area contributed by atoms with Gasteiger partial charge < -0.3 is 15.4 Å². The highest BCUT2D eigenvalue weighted by Gasteiger charge is 2.27. The number of esters is 1. The number of rotatable bonds is 2. The molecule has 5 nitrogen and oxygen atoms in total. The summed E-state index contributed by atoms with van der Waals surface area (Å²) in [6.45, 7) is 0. The Hall–Kier alpha value is -1.75. The number of ether oxygens (including phenoxy) is 1. The van der Waals surface area contributed by atoms with E-state index in [0.29, 0.717) is 11.3 Å². The van der Waals surface area contributed by atoms with Gasteiger partial charge in [0.1, 0.15) is 6.17 Å². The summed E-state index contributed by atoms with van der Waals surface area (Å²) in [6.07, 6.45) is -0.329. The van der Waals surface area contributed by atoms with Gasteiger partial charge in [-0.15, -0.1) is 11.6 Å². The molecule has 1 aromatic rings. The van der Waals surface area contributed by atoms with Crippen LogP contribution in [0.1, 0.15) is 20.7 Å². The molecule has 0 spiro atoms. The van der Waals surface area contributed by atoms with E-state index in [9.17, 15) is 9.59 Å². The first-order chi connectivity index (χ1) is 8.17. The maximum Gasteiger partial charge on any atom is 0.338 e. The number of carbonyl (C=O) groups is 2. The van der Waals surface area contributed by atoms with Gasteiger partial charge >= 0.3 is 5.97 Å². The van der Waals surface area contributed by atoms with Crippen LogP contribution in [0.5, 0.6) is 0 Å². The van der Waals surface area contributed by atoms with E-state index >= 15 is 0 Å². The predicted molar refractivity (Wildman–Crippen MR) is 63.4 cm³/mol. The molecular weight excluding hydrogens is 244 g/mol. The van der Waals surface area contributed by atoms with Gasteiger partial charge in [0.15, 0.2) is 0 Å². The Morgan fingerprint density at radius 3 is 2.88 bits per heavy atom. The molecule has 1 aliphatic heterocycles. The van der Waals surface area contributed by atoms with Crippen LogP contribution in [-0.4, -0.2) is 31.0 Å². The summed E-state index contributed by atoms with van der Waals surface area (Å²) >= 11 is 5.67. The zero-order valence-corrected chi connectivity index (χ0v) is 9.88.